The van der Waals surface area contributed by atoms with Gasteiger partial charge in [0, 0.05) is 44.9 Å². The Hall–Kier alpha value is -0.160. The maximum absolute atomic E-state index is 5.54. The molecule has 114 valence electrons. The molecule has 19 heavy (non-hydrogen) atoms. The van der Waals surface area contributed by atoms with E-state index in [-0.39, 0.29) is 5.54 Å². The molecule has 0 spiro atoms. The molecule has 4 nitrogen and oxygen atoms in total. The predicted octanol–water partition coefficient (Wildman–Crippen LogP) is 1.75. The summed E-state index contributed by atoms with van der Waals surface area (Å²) in [5.74, 6) is 0.691. The van der Waals surface area contributed by atoms with Crippen LogP contribution >= 0.6 is 0 Å². The van der Waals surface area contributed by atoms with Crippen molar-refractivity contribution in [3.8, 4) is 0 Å². The third kappa shape index (κ3) is 5.78. The number of rotatable bonds is 8. The van der Waals surface area contributed by atoms with Crippen LogP contribution in [0.4, 0.5) is 0 Å². The Labute approximate surface area is 118 Å². The molecule has 1 N–H and O–H groups in total. The van der Waals surface area contributed by atoms with Gasteiger partial charge in [-0.05, 0) is 26.2 Å². The second-order valence-electron chi connectivity index (χ2n) is 6.45. The van der Waals surface area contributed by atoms with E-state index in [9.17, 15) is 0 Å². The molecular weight excluding hydrogens is 240 g/mol. The zero-order valence-electron chi connectivity index (χ0n) is 13.4. The Bertz CT molecular complexity index is 244. The average molecular weight is 272 g/mol. The van der Waals surface area contributed by atoms with E-state index < -0.39 is 0 Å². The minimum absolute atomic E-state index is 0.248. The summed E-state index contributed by atoms with van der Waals surface area (Å²) in [6, 6.07) is 0.613. The number of nitrogens with one attached hydrogen (secondary N) is 1. The highest BCUT2D eigenvalue weighted by atomic mass is 16.5. The normalized spacial score (nSPS) is 24.0. The van der Waals surface area contributed by atoms with Gasteiger partial charge in [-0.25, -0.2) is 0 Å². The number of hydrogen-bond donors (Lipinski definition) is 1. The Morgan fingerprint density at radius 2 is 2.00 bits per heavy atom. The molecule has 4 heteroatoms. The summed E-state index contributed by atoms with van der Waals surface area (Å²) < 4.78 is 10.5. The van der Waals surface area contributed by atoms with Gasteiger partial charge in [-0.3, -0.25) is 4.90 Å². The van der Waals surface area contributed by atoms with Gasteiger partial charge in [-0.2, -0.15) is 0 Å². The van der Waals surface area contributed by atoms with Gasteiger partial charge in [0.05, 0.1) is 13.2 Å². The third-order valence-corrected chi connectivity index (χ3v) is 4.02. The molecule has 0 radical (unpaired) electrons. The molecule has 1 unspecified atom stereocenters. The highest BCUT2D eigenvalue weighted by molar-refractivity contribution is 4.93. The van der Waals surface area contributed by atoms with E-state index in [1.165, 1.54) is 0 Å². The van der Waals surface area contributed by atoms with Crippen LogP contribution in [-0.2, 0) is 9.47 Å². The van der Waals surface area contributed by atoms with Crippen LogP contribution in [0, 0.1) is 5.92 Å². The first-order valence-corrected chi connectivity index (χ1v) is 7.52. The lowest BCUT2D eigenvalue weighted by Gasteiger charge is -2.47. The maximum Gasteiger partial charge on any atom is 0.0700 e. The summed E-state index contributed by atoms with van der Waals surface area (Å²) in [6.07, 6.45) is 1.10. The molecule has 1 fully saturated rings. The summed E-state index contributed by atoms with van der Waals surface area (Å²) >= 11 is 0. The average Bonchev–Trinajstić information content (AvgIpc) is 2.34. The quantitative estimate of drug-likeness (QED) is 0.683. The summed E-state index contributed by atoms with van der Waals surface area (Å²) in [5.41, 5.74) is 0.248. The van der Waals surface area contributed by atoms with E-state index in [0.29, 0.717) is 25.2 Å². The van der Waals surface area contributed by atoms with Crippen molar-refractivity contribution in [3.05, 3.63) is 0 Å². The minimum Gasteiger partial charge on any atom is -0.382 e. The van der Waals surface area contributed by atoms with Crippen molar-refractivity contribution < 1.29 is 9.47 Å². The van der Waals surface area contributed by atoms with Gasteiger partial charge in [0.2, 0.25) is 0 Å². The van der Waals surface area contributed by atoms with Gasteiger partial charge < -0.3 is 14.8 Å². The van der Waals surface area contributed by atoms with Crippen molar-refractivity contribution >= 4 is 0 Å². The van der Waals surface area contributed by atoms with Crippen LogP contribution in [0.3, 0.4) is 0 Å². The molecule has 0 amide bonds. The van der Waals surface area contributed by atoms with E-state index in [0.717, 1.165) is 32.7 Å². The monoisotopic (exact) mass is 272 g/mol. The number of methoxy groups -OCH3 is 1. The molecule has 0 aromatic carbocycles. The summed E-state index contributed by atoms with van der Waals surface area (Å²) in [5, 5.41) is 3.67. The first-order chi connectivity index (χ1) is 8.97. The smallest absolute Gasteiger partial charge is 0.0700 e. The predicted molar refractivity (Wildman–Crippen MR) is 79.6 cm³/mol. The fourth-order valence-electron chi connectivity index (χ4n) is 2.48. The molecule has 1 aliphatic heterocycles. The van der Waals surface area contributed by atoms with Gasteiger partial charge in [0.25, 0.3) is 0 Å². The second-order valence-corrected chi connectivity index (χ2v) is 6.45. The van der Waals surface area contributed by atoms with Crippen LogP contribution in [0.2, 0.25) is 0 Å². The molecular formula is C15H32N2O2. The number of ether oxygens (including phenoxy) is 2. The first kappa shape index (κ1) is 16.9. The van der Waals surface area contributed by atoms with E-state index in [2.05, 4.69) is 37.9 Å². The second kappa shape index (κ2) is 8.20. The van der Waals surface area contributed by atoms with E-state index >= 15 is 0 Å². The third-order valence-electron chi connectivity index (χ3n) is 4.02. The minimum atomic E-state index is 0.248. The van der Waals surface area contributed by atoms with E-state index in [1.807, 2.05) is 0 Å². The van der Waals surface area contributed by atoms with Crippen molar-refractivity contribution in [2.75, 3.05) is 46.6 Å². The summed E-state index contributed by atoms with van der Waals surface area (Å²) in [4.78, 5) is 2.61. The fraction of sp³-hybridized carbons (Fsp3) is 1.00. The Kier molecular flexibility index (Phi) is 7.29. The standard InChI is InChI=1S/C15H32N2O2/c1-13(2)14-11-17(15(3,4)12-16-14)7-6-8-19-10-9-18-5/h13-14,16H,6-12H2,1-5H3. The zero-order valence-corrected chi connectivity index (χ0v) is 13.4. The SMILES string of the molecule is COCCOCCCN1CC(C(C)C)NCC1(C)C. The van der Waals surface area contributed by atoms with Crippen LogP contribution in [-0.4, -0.2) is 63.0 Å². The van der Waals surface area contributed by atoms with Crippen molar-refractivity contribution in [2.45, 2.75) is 45.7 Å². The van der Waals surface area contributed by atoms with Gasteiger partial charge >= 0.3 is 0 Å². The molecule has 1 atom stereocenters. The van der Waals surface area contributed by atoms with Crippen LogP contribution in [0.15, 0.2) is 0 Å². The van der Waals surface area contributed by atoms with Gasteiger partial charge in [-0.15, -0.1) is 0 Å². The van der Waals surface area contributed by atoms with E-state index in [4.69, 9.17) is 9.47 Å². The van der Waals surface area contributed by atoms with Gasteiger partial charge in [0.1, 0.15) is 0 Å². The largest absolute Gasteiger partial charge is 0.382 e. The molecule has 1 rings (SSSR count). The molecule has 0 aromatic heterocycles. The van der Waals surface area contributed by atoms with Gasteiger partial charge in [-0.1, -0.05) is 13.8 Å². The fourth-order valence-corrected chi connectivity index (χ4v) is 2.48. The summed E-state index contributed by atoms with van der Waals surface area (Å²) in [7, 11) is 1.71. The maximum atomic E-state index is 5.54. The lowest BCUT2D eigenvalue weighted by atomic mass is 9.93. The lowest BCUT2D eigenvalue weighted by Crippen LogP contribution is -2.63. The lowest BCUT2D eigenvalue weighted by molar-refractivity contribution is 0.0331. The Balaban J connectivity index is 2.28. The molecule has 1 aliphatic rings. The highest BCUT2D eigenvalue weighted by Crippen LogP contribution is 2.21. The van der Waals surface area contributed by atoms with Crippen molar-refractivity contribution in [3.63, 3.8) is 0 Å². The van der Waals surface area contributed by atoms with Crippen molar-refractivity contribution in [1.29, 1.82) is 0 Å². The van der Waals surface area contributed by atoms with Crippen LogP contribution in [0.25, 0.3) is 0 Å². The molecule has 0 bridgehead atoms. The van der Waals surface area contributed by atoms with Gasteiger partial charge in [0.15, 0.2) is 0 Å². The Morgan fingerprint density at radius 3 is 2.63 bits per heavy atom. The highest BCUT2D eigenvalue weighted by Gasteiger charge is 2.34. The molecule has 1 saturated heterocycles. The molecule has 0 saturated carbocycles. The van der Waals surface area contributed by atoms with Crippen LogP contribution in [0.1, 0.15) is 34.1 Å². The van der Waals surface area contributed by atoms with Crippen LogP contribution in [0.5, 0.6) is 0 Å². The van der Waals surface area contributed by atoms with Crippen LogP contribution < -0.4 is 5.32 Å². The number of piperazine rings is 1. The van der Waals surface area contributed by atoms with Crippen molar-refractivity contribution in [2.24, 2.45) is 5.92 Å². The number of nitrogens with zero attached hydrogens (tertiary/aromatic N) is 1. The summed E-state index contributed by atoms with van der Waals surface area (Å²) in [6.45, 7) is 14.8. The molecule has 1 heterocycles. The molecule has 0 aromatic rings. The first-order valence-electron chi connectivity index (χ1n) is 7.52. The molecule has 0 aliphatic carbocycles. The Morgan fingerprint density at radius 1 is 1.26 bits per heavy atom. The zero-order chi connectivity index (χ0) is 14.3. The van der Waals surface area contributed by atoms with E-state index in [1.54, 1.807) is 7.11 Å². The topological polar surface area (TPSA) is 33.7 Å². The van der Waals surface area contributed by atoms with Crippen molar-refractivity contribution in [1.82, 2.24) is 10.2 Å². The number of hydrogen-bond acceptors (Lipinski definition) is 4.